The van der Waals surface area contributed by atoms with Gasteiger partial charge in [-0.25, -0.2) is 0 Å². The molecule has 1 heteroatoms. The minimum atomic E-state index is 1.08. The number of para-hydroxylation sites is 1. The highest BCUT2D eigenvalue weighted by molar-refractivity contribution is 5.41. The van der Waals surface area contributed by atoms with Crippen molar-refractivity contribution in [2.45, 2.75) is 13.3 Å². The Morgan fingerprint density at radius 1 is 1.33 bits per heavy atom. The molecule has 1 aromatic carbocycles. The Balaban J connectivity index is 0.000000261. The molecule has 0 heterocycles. The third kappa shape index (κ3) is 5.54. The predicted molar refractivity (Wildman–Crippen MR) is 56.5 cm³/mol. The molecule has 1 nitrogen and oxygen atoms in total. The molecule has 0 amide bonds. The van der Waals surface area contributed by atoms with Gasteiger partial charge in [-0.1, -0.05) is 31.2 Å². The Labute approximate surface area is 75.1 Å². The highest BCUT2D eigenvalue weighted by Crippen LogP contribution is 2.01. The van der Waals surface area contributed by atoms with E-state index in [1.54, 1.807) is 0 Å². The molecule has 0 aliphatic heterocycles. The first-order valence-electron chi connectivity index (χ1n) is 4.18. The summed E-state index contributed by atoms with van der Waals surface area (Å²) in [5, 5.41) is 3.03. The number of hydrogen-bond donors (Lipinski definition) is 1. The second-order valence-corrected chi connectivity index (χ2v) is 2.31. The summed E-state index contributed by atoms with van der Waals surface area (Å²) in [5.74, 6) is 0. The lowest BCUT2D eigenvalue weighted by atomic mass is 10.3. The van der Waals surface area contributed by atoms with Crippen LogP contribution in [0.1, 0.15) is 13.3 Å². The quantitative estimate of drug-likeness (QED) is 0.659. The third-order valence-corrected chi connectivity index (χ3v) is 1.35. The van der Waals surface area contributed by atoms with Crippen molar-refractivity contribution < 1.29 is 0 Å². The first kappa shape index (κ1) is 10.8. The Hall–Kier alpha value is -1.24. The molecule has 0 unspecified atom stereocenters. The Bertz CT molecular complexity index is 191. The van der Waals surface area contributed by atoms with E-state index in [9.17, 15) is 0 Å². The van der Waals surface area contributed by atoms with E-state index in [0.29, 0.717) is 0 Å². The van der Waals surface area contributed by atoms with E-state index in [0.717, 1.165) is 12.1 Å². The lowest BCUT2D eigenvalue weighted by Gasteiger charge is -1.94. The lowest BCUT2D eigenvalue weighted by molar-refractivity contribution is 1.23. The van der Waals surface area contributed by atoms with Crippen LogP contribution >= 0.6 is 0 Å². The van der Waals surface area contributed by atoms with E-state index in [1.807, 2.05) is 43.5 Å². The minimum absolute atomic E-state index is 1.08. The van der Waals surface area contributed by atoms with Gasteiger partial charge in [-0.15, -0.1) is 6.58 Å². The Morgan fingerprint density at radius 2 is 1.83 bits per heavy atom. The van der Waals surface area contributed by atoms with E-state index >= 15 is 0 Å². The van der Waals surface area contributed by atoms with Gasteiger partial charge in [0.2, 0.25) is 0 Å². The number of benzene rings is 1. The SMILES string of the molecule is C=CCC.CNc1ccccc1. The molecular formula is C11H17N. The summed E-state index contributed by atoms with van der Waals surface area (Å²) in [4.78, 5) is 0. The van der Waals surface area contributed by atoms with Crippen molar-refractivity contribution >= 4 is 5.69 Å². The zero-order chi connectivity index (χ0) is 9.23. The number of anilines is 1. The molecular weight excluding hydrogens is 146 g/mol. The van der Waals surface area contributed by atoms with E-state index in [-0.39, 0.29) is 0 Å². The van der Waals surface area contributed by atoms with Crippen molar-refractivity contribution in [3.63, 3.8) is 0 Å². The first-order chi connectivity index (χ1) is 5.85. The monoisotopic (exact) mass is 163 g/mol. The van der Waals surface area contributed by atoms with Crippen LogP contribution in [-0.2, 0) is 0 Å². The van der Waals surface area contributed by atoms with Crippen molar-refractivity contribution in [3.05, 3.63) is 43.0 Å². The van der Waals surface area contributed by atoms with Crippen LogP contribution in [0.4, 0.5) is 5.69 Å². The van der Waals surface area contributed by atoms with Gasteiger partial charge in [-0.05, 0) is 18.6 Å². The molecule has 0 radical (unpaired) electrons. The number of nitrogens with one attached hydrogen (secondary N) is 1. The van der Waals surface area contributed by atoms with E-state index < -0.39 is 0 Å². The van der Waals surface area contributed by atoms with Gasteiger partial charge in [-0.2, -0.15) is 0 Å². The van der Waals surface area contributed by atoms with Crippen LogP contribution in [0.5, 0.6) is 0 Å². The van der Waals surface area contributed by atoms with Crippen molar-refractivity contribution in [2.75, 3.05) is 12.4 Å². The molecule has 0 atom stereocenters. The molecule has 0 saturated carbocycles. The molecule has 66 valence electrons. The molecule has 0 bridgehead atoms. The van der Waals surface area contributed by atoms with E-state index in [4.69, 9.17) is 0 Å². The molecule has 0 aliphatic rings. The molecule has 0 spiro atoms. The zero-order valence-electron chi connectivity index (χ0n) is 7.88. The van der Waals surface area contributed by atoms with Gasteiger partial charge in [0.05, 0.1) is 0 Å². The first-order valence-corrected chi connectivity index (χ1v) is 4.18. The summed E-state index contributed by atoms with van der Waals surface area (Å²) in [6.07, 6.45) is 2.96. The maximum Gasteiger partial charge on any atom is 0.0337 e. The highest BCUT2D eigenvalue weighted by Gasteiger charge is 1.77. The summed E-state index contributed by atoms with van der Waals surface area (Å²) in [7, 11) is 1.91. The van der Waals surface area contributed by atoms with Gasteiger partial charge < -0.3 is 5.32 Å². The van der Waals surface area contributed by atoms with Crippen molar-refractivity contribution in [3.8, 4) is 0 Å². The smallest absolute Gasteiger partial charge is 0.0337 e. The van der Waals surface area contributed by atoms with Gasteiger partial charge in [0.1, 0.15) is 0 Å². The average molecular weight is 163 g/mol. The fourth-order valence-electron chi connectivity index (χ4n) is 0.605. The number of allylic oxidation sites excluding steroid dienone is 1. The number of hydrogen-bond acceptors (Lipinski definition) is 1. The van der Waals surface area contributed by atoms with Crippen LogP contribution in [-0.4, -0.2) is 7.05 Å². The standard InChI is InChI=1S/C7H9N.C4H8/c1-8-7-5-3-2-4-6-7;1-3-4-2/h2-6,8H,1H3;3H,1,4H2,2H3. The van der Waals surface area contributed by atoms with Gasteiger partial charge in [0.15, 0.2) is 0 Å². The molecule has 0 aliphatic carbocycles. The maximum absolute atomic E-state index is 3.48. The van der Waals surface area contributed by atoms with Gasteiger partial charge in [-0.3, -0.25) is 0 Å². The predicted octanol–water partition coefficient (Wildman–Crippen LogP) is 3.31. The Morgan fingerprint density at radius 3 is 2.08 bits per heavy atom. The van der Waals surface area contributed by atoms with E-state index in [2.05, 4.69) is 18.8 Å². The molecule has 0 saturated heterocycles. The van der Waals surface area contributed by atoms with Crippen LogP contribution in [0.2, 0.25) is 0 Å². The molecule has 0 fully saturated rings. The molecule has 1 N–H and O–H groups in total. The summed E-state index contributed by atoms with van der Waals surface area (Å²) in [5.41, 5.74) is 1.16. The van der Waals surface area contributed by atoms with Crippen molar-refractivity contribution in [1.29, 1.82) is 0 Å². The van der Waals surface area contributed by atoms with Crippen LogP contribution in [0, 0.1) is 0 Å². The minimum Gasteiger partial charge on any atom is -0.388 e. The molecule has 0 aromatic heterocycles. The summed E-state index contributed by atoms with van der Waals surface area (Å²) in [6, 6.07) is 10.1. The third-order valence-electron chi connectivity index (χ3n) is 1.35. The van der Waals surface area contributed by atoms with Gasteiger partial charge >= 0.3 is 0 Å². The topological polar surface area (TPSA) is 12.0 Å². The van der Waals surface area contributed by atoms with Crippen LogP contribution < -0.4 is 5.32 Å². The number of rotatable bonds is 2. The normalized spacial score (nSPS) is 7.83. The second kappa shape index (κ2) is 7.86. The van der Waals surface area contributed by atoms with E-state index in [1.165, 1.54) is 0 Å². The zero-order valence-corrected chi connectivity index (χ0v) is 7.88. The molecule has 1 rings (SSSR count). The molecule has 12 heavy (non-hydrogen) atoms. The summed E-state index contributed by atoms with van der Waals surface area (Å²) < 4.78 is 0. The van der Waals surface area contributed by atoms with Crippen LogP contribution in [0.25, 0.3) is 0 Å². The fraction of sp³-hybridized carbons (Fsp3) is 0.273. The highest BCUT2D eigenvalue weighted by atomic mass is 14.8. The summed E-state index contributed by atoms with van der Waals surface area (Å²) >= 11 is 0. The largest absolute Gasteiger partial charge is 0.388 e. The van der Waals surface area contributed by atoms with Crippen LogP contribution in [0.15, 0.2) is 43.0 Å². The molecule has 1 aromatic rings. The Kier molecular flexibility index (Phi) is 7.05. The lowest BCUT2D eigenvalue weighted by Crippen LogP contribution is -1.84. The van der Waals surface area contributed by atoms with Crippen LogP contribution in [0.3, 0.4) is 0 Å². The van der Waals surface area contributed by atoms with Gasteiger partial charge in [0.25, 0.3) is 0 Å². The second-order valence-electron chi connectivity index (χ2n) is 2.31. The van der Waals surface area contributed by atoms with Crippen molar-refractivity contribution in [2.24, 2.45) is 0 Å². The van der Waals surface area contributed by atoms with Crippen molar-refractivity contribution in [1.82, 2.24) is 0 Å². The summed E-state index contributed by atoms with van der Waals surface area (Å²) in [6.45, 7) is 5.54. The fourth-order valence-corrected chi connectivity index (χ4v) is 0.605. The van der Waals surface area contributed by atoms with Gasteiger partial charge in [0, 0.05) is 12.7 Å². The average Bonchev–Trinajstić information content (AvgIpc) is 2.19. The maximum atomic E-state index is 3.48.